The Labute approximate surface area is 210 Å². The highest BCUT2D eigenvalue weighted by Gasteiger charge is 2.20. The van der Waals surface area contributed by atoms with Crippen LogP contribution in [0, 0.1) is 6.92 Å². The Morgan fingerprint density at radius 1 is 1.00 bits per heavy atom. The number of anilines is 1. The van der Waals surface area contributed by atoms with E-state index in [1.165, 1.54) is 22.2 Å². The normalized spacial score (nSPS) is 10.9. The molecule has 2 aromatic heterocycles. The summed E-state index contributed by atoms with van der Waals surface area (Å²) in [5, 5.41) is 3.92. The number of para-hydroxylation sites is 1. The second-order valence-electron chi connectivity index (χ2n) is 7.90. The summed E-state index contributed by atoms with van der Waals surface area (Å²) in [5.74, 6) is 1.10. The molecule has 0 atom stereocenters. The van der Waals surface area contributed by atoms with Gasteiger partial charge in [0.1, 0.15) is 16.3 Å². The molecule has 0 saturated heterocycles. The molecule has 0 spiro atoms. The van der Waals surface area contributed by atoms with Gasteiger partial charge in [0.25, 0.3) is 11.5 Å². The zero-order valence-corrected chi connectivity index (χ0v) is 20.3. The first-order valence-corrected chi connectivity index (χ1v) is 12.1. The number of hydrogen-bond acceptors (Lipinski definition) is 5. The number of benzene rings is 3. The molecular weight excluding hydrogens is 482 g/mol. The van der Waals surface area contributed by atoms with Crippen molar-refractivity contribution in [3.05, 3.63) is 117 Å². The van der Waals surface area contributed by atoms with Crippen molar-refractivity contribution in [2.24, 2.45) is 0 Å². The largest absolute Gasteiger partial charge is 0.457 e. The summed E-state index contributed by atoms with van der Waals surface area (Å²) in [4.78, 5) is 31.6. The minimum atomic E-state index is -0.292. The molecule has 6 nitrogen and oxygen atoms in total. The van der Waals surface area contributed by atoms with Crippen LogP contribution in [-0.4, -0.2) is 15.5 Å². The standard InChI is InChI=1S/C27H20ClN3O3S/c1-17-23-26(29-16-31(27(23)33)15-18-7-5-6-10-22(18)28)35-24(17)25(32)30-19-11-13-21(14-12-19)34-20-8-3-2-4-9-20/h2-14,16H,15H2,1H3,(H,30,32). The SMILES string of the molecule is Cc1c(C(=O)Nc2ccc(Oc3ccccc3)cc2)sc2ncn(Cc3ccccc3Cl)c(=O)c12. The lowest BCUT2D eigenvalue weighted by Gasteiger charge is -2.08. The molecule has 35 heavy (non-hydrogen) atoms. The molecule has 5 aromatic rings. The summed E-state index contributed by atoms with van der Waals surface area (Å²) in [7, 11) is 0. The van der Waals surface area contributed by atoms with Gasteiger partial charge in [0.05, 0.1) is 23.1 Å². The number of carbonyl (C=O) groups is 1. The molecule has 1 amide bonds. The van der Waals surface area contributed by atoms with Crippen LogP contribution in [-0.2, 0) is 6.54 Å². The summed E-state index contributed by atoms with van der Waals surface area (Å²) in [6.45, 7) is 2.07. The molecule has 0 aliphatic rings. The first-order chi connectivity index (χ1) is 17.0. The average molecular weight is 502 g/mol. The van der Waals surface area contributed by atoms with Gasteiger partial charge in [-0.15, -0.1) is 11.3 Å². The molecule has 2 heterocycles. The number of nitrogens with one attached hydrogen (secondary N) is 1. The molecule has 174 valence electrons. The highest BCUT2D eigenvalue weighted by atomic mass is 35.5. The smallest absolute Gasteiger partial charge is 0.266 e. The van der Waals surface area contributed by atoms with E-state index in [4.69, 9.17) is 16.3 Å². The van der Waals surface area contributed by atoms with E-state index in [-0.39, 0.29) is 11.5 Å². The number of fused-ring (bicyclic) bond motifs is 1. The molecule has 0 fully saturated rings. The van der Waals surface area contributed by atoms with Crippen molar-refractivity contribution in [3.63, 3.8) is 0 Å². The number of halogens is 1. The molecule has 0 radical (unpaired) electrons. The van der Waals surface area contributed by atoms with Crippen LogP contribution < -0.4 is 15.6 Å². The molecule has 1 N–H and O–H groups in total. The Bertz CT molecular complexity index is 1580. The topological polar surface area (TPSA) is 73.2 Å². The van der Waals surface area contributed by atoms with Crippen LogP contribution in [0.5, 0.6) is 11.5 Å². The second-order valence-corrected chi connectivity index (χ2v) is 9.31. The Kier molecular flexibility index (Phi) is 6.35. The number of ether oxygens (including phenoxy) is 1. The zero-order chi connectivity index (χ0) is 24.4. The van der Waals surface area contributed by atoms with Gasteiger partial charge >= 0.3 is 0 Å². The van der Waals surface area contributed by atoms with Crippen molar-refractivity contribution in [2.75, 3.05) is 5.32 Å². The van der Waals surface area contributed by atoms with Gasteiger partial charge in [-0.2, -0.15) is 0 Å². The third-order valence-corrected chi connectivity index (χ3v) is 7.08. The Balaban J connectivity index is 1.36. The lowest BCUT2D eigenvalue weighted by atomic mass is 10.2. The van der Waals surface area contributed by atoms with E-state index in [1.807, 2.05) is 48.5 Å². The van der Waals surface area contributed by atoms with E-state index in [1.54, 1.807) is 37.3 Å². The van der Waals surface area contributed by atoms with E-state index in [9.17, 15) is 9.59 Å². The summed E-state index contributed by atoms with van der Waals surface area (Å²) in [6.07, 6.45) is 1.50. The zero-order valence-electron chi connectivity index (χ0n) is 18.7. The van der Waals surface area contributed by atoms with Crippen molar-refractivity contribution in [3.8, 4) is 11.5 Å². The number of nitrogens with zero attached hydrogens (tertiary/aromatic N) is 2. The molecule has 0 saturated carbocycles. The third-order valence-electron chi connectivity index (χ3n) is 5.51. The van der Waals surface area contributed by atoms with Crippen LogP contribution in [0.15, 0.2) is 90.0 Å². The number of hydrogen-bond donors (Lipinski definition) is 1. The fraction of sp³-hybridized carbons (Fsp3) is 0.0741. The van der Waals surface area contributed by atoms with Crippen LogP contribution in [0.2, 0.25) is 5.02 Å². The van der Waals surface area contributed by atoms with Crippen LogP contribution in [0.25, 0.3) is 10.2 Å². The van der Waals surface area contributed by atoms with E-state index in [2.05, 4.69) is 10.3 Å². The number of aromatic nitrogens is 2. The molecule has 5 rings (SSSR count). The minimum absolute atomic E-state index is 0.204. The fourth-order valence-electron chi connectivity index (χ4n) is 3.72. The van der Waals surface area contributed by atoms with Gasteiger partial charge in [-0.1, -0.05) is 48.0 Å². The average Bonchev–Trinajstić information content (AvgIpc) is 3.21. The second kappa shape index (κ2) is 9.74. The predicted molar refractivity (Wildman–Crippen MR) is 140 cm³/mol. The van der Waals surface area contributed by atoms with Crippen LogP contribution in [0.1, 0.15) is 20.8 Å². The summed E-state index contributed by atoms with van der Waals surface area (Å²) < 4.78 is 7.30. The molecule has 0 aliphatic carbocycles. The molecule has 0 aliphatic heterocycles. The molecular formula is C27H20ClN3O3S. The molecule has 0 unspecified atom stereocenters. The summed E-state index contributed by atoms with van der Waals surface area (Å²) in [5.41, 5.74) is 1.85. The van der Waals surface area contributed by atoms with Crippen LogP contribution >= 0.6 is 22.9 Å². The maximum Gasteiger partial charge on any atom is 0.266 e. The first-order valence-electron chi connectivity index (χ1n) is 10.9. The Morgan fingerprint density at radius 2 is 1.69 bits per heavy atom. The summed E-state index contributed by atoms with van der Waals surface area (Å²) >= 11 is 7.46. The van der Waals surface area contributed by atoms with Crippen LogP contribution in [0.4, 0.5) is 5.69 Å². The third kappa shape index (κ3) is 4.82. The van der Waals surface area contributed by atoms with Crippen LogP contribution in [0.3, 0.4) is 0 Å². The monoisotopic (exact) mass is 501 g/mol. The van der Waals surface area contributed by atoms with Gasteiger partial charge < -0.3 is 10.1 Å². The number of amides is 1. The number of rotatable bonds is 6. The fourth-order valence-corrected chi connectivity index (χ4v) is 4.95. The lowest BCUT2D eigenvalue weighted by molar-refractivity contribution is 0.103. The van der Waals surface area contributed by atoms with E-state index in [0.29, 0.717) is 43.7 Å². The van der Waals surface area contributed by atoms with E-state index in [0.717, 1.165) is 11.3 Å². The lowest BCUT2D eigenvalue weighted by Crippen LogP contribution is -2.21. The van der Waals surface area contributed by atoms with Crippen molar-refractivity contribution >= 4 is 44.7 Å². The molecule has 3 aromatic carbocycles. The number of carbonyl (C=O) groups excluding carboxylic acids is 1. The summed E-state index contributed by atoms with van der Waals surface area (Å²) in [6, 6.07) is 23.9. The van der Waals surface area contributed by atoms with Gasteiger partial charge in [-0.05, 0) is 60.5 Å². The Hall–Kier alpha value is -3.94. The van der Waals surface area contributed by atoms with E-state index >= 15 is 0 Å². The highest BCUT2D eigenvalue weighted by Crippen LogP contribution is 2.29. The molecule has 8 heteroatoms. The minimum Gasteiger partial charge on any atom is -0.457 e. The van der Waals surface area contributed by atoms with E-state index < -0.39 is 0 Å². The van der Waals surface area contributed by atoms with Gasteiger partial charge in [-0.3, -0.25) is 14.2 Å². The van der Waals surface area contributed by atoms with Crippen molar-refractivity contribution in [1.82, 2.24) is 9.55 Å². The highest BCUT2D eigenvalue weighted by molar-refractivity contribution is 7.20. The molecule has 0 bridgehead atoms. The van der Waals surface area contributed by atoms with Crippen molar-refractivity contribution < 1.29 is 9.53 Å². The van der Waals surface area contributed by atoms with Gasteiger partial charge in [0.15, 0.2) is 0 Å². The van der Waals surface area contributed by atoms with Gasteiger partial charge in [0.2, 0.25) is 0 Å². The first kappa shape index (κ1) is 22.8. The van der Waals surface area contributed by atoms with Crippen molar-refractivity contribution in [1.29, 1.82) is 0 Å². The number of aryl methyl sites for hydroxylation is 1. The van der Waals surface area contributed by atoms with Gasteiger partial charge in [-0.25, -0.2) is 4.98 Å². The predicted octanol–water partition coefficient (Wildman–Crippen LogP) is 6.51. The maximum atomic E-state index is 13.2. The number of thiophene rings is 1. The Morgan fingerprint density at radius 3 is 2.43 bits per heavy atom. The quantitative estimate of drug-likeness (QED) is 0.288. The van der Waals surface area contributed by atoms with Crippen molar-refractivity contribution in [2.45, 2.75) is 13.5 Å². The van der Waals surface area contributed by atoms with Gasteiger partial charge in [0, 0.05) is 10.7 Å². The maximum absolute atomic E-state index is 13.2.